The minimum absolute atomic E-state index is 0.0707. The van der Waals surface area contributed by atoms with Crippen molar-refractivity contribution in [3.63, 3.8) is 0 Å². The predicted molar refractivity (Wildman–Crippen MR) is 87.4 cm³/mol. The average Bonchev–Trinajstić information content (AvgIpc) is 3.12. The largest absolute Gasteiger partial charge is 0.393 e. The Bertz CT molecular complexity index is 390. The monoisotopic (exact) mass is 310 g/mol. The minimum Gasteiger partial charge on any atom is -0.393 e. The van der Waals surface area contributed by atoms with Gasteiger partial charge in [-0.15, -0.1) is 0 Å². The quantitative estimate of drug-likeness (QED) is 0.735. The van der Waals surface area contributed by atoms with Crippen molar-refractivity contribution in [1.82, 2.24) is 0 Å². The van der Waals surface area contributed by atoms with E-state index in [1.165, 1.54) is 25.7 Å². The molecule has 128 valence electrons. The molecule has 4 fully saturated rings. The highest BCUT2D eigenvalue weighted by atomic mass is 16.7. The smallest absolute Gasteiger partial charge is 0.171 e. The maximum absolute atomic E-state index is 10.4. The van der Waals surface area contributed by atoms with E-state index in [2.05, 4.69) is 13.8 Å². The van der Waals surface area contributed by atoms with Gasteiger partial charge in [0, 0.05) is 12.3 Å². The molecular weight excluding hydrogens is 276 g/mol. The van der Waals surface area contributed by atoms with Crippen LogP contribution in [0.25, 0.3) is 0 Å². The summed E-state index contributed by atoms with van der Waals surface area (Å²) >= 11 is 0. The lowest BCUT2D eigenvalue weighted by Gasteiger charge is -2.55. The zero-order valence-electron chi connectivity index (χ0n) is 14.8. The lowest BCUT2D eigenvalue weighted by atomic mass is 9.53. The van der Waals surface area contributed by atoms with Crippen LogP contribution in [0.1, 0.15) is 66.2 Å². The first-order valence-electron chi connectivity index (χ1n) is 9.53. The molecule has 1 heterocycles. The summed E-state index contributed by atoms with van der Waals surface area (Å²) in [5.74, 6) is 2.46. The van der Waals surface area contributed by atoms with Gasteiger partial charge < -0.3 is 14.6 Å². The zero-order chi connectivity index (χ0) is 16.0. The van der Waals surface area contributed by atoms with Crippen LogP contribution in [0, 0.1) is 29.1 Å². The molecule has 1 aliphatic heterocycles. The van der Waals surface area contributed by atoms with Gasteiger partial charge in [-0.1, -0.05) is 27.7 Å². The van der Waals surface area contributed by atoms with Crippen LogP contribution in [0.5, 0.6) is 0 Å². The summed E-state index contributed by atoms with van der Waals surface area (Å²) in [6.45, 7) is 10.2. The van der Waals surface area contributed by atoms with Crippen LogP contribution in [0.3, 0.4) is 0 Å². The maximum Gasteiger partial charge on any atom is 0.171 e. The third-order valence-corrected chi connectivity index (χ3v) is 7.38. The van der Waals surface area contributed by atoms with E-state index in [1.807, 2.05) is 13.8 Å². The average molecular weight is 310 g/mol. The first-order chi connectivity index (χ1) is 10.6. The molecule has 0 amide bonds. The molecule has 0 aromatic carbocycles. The Balaban J connectivity index is 0.000000693. The van der Waals surface area contributed by atoms with Crippen molar-refractivity contribution in [3.05, 3.63) is 0 Å². The van der Waals surface area contributed by atoms with Crippen LogP contribution < -0.4 is 0 Å². The Morgan fingerprint density at radius 3 is 2.23 bits per heavy atom. The van der Waals surface area contributed by atoms with E-state index in [-0.39, 0.29) is 17.3 Å². The highest BCUT2D eigenvalue weighted by Gasteiger charge is 2.59. The normalized spacial score (nSPS) is 49.2. The van der Waals surface area contributed by atoms with Gasteiger partial charge in [0.05, 0.1) is 19.3 Å². The predicted octanol–water partition coefficient (Wildman–Crippen LogP) is 3.99. The van der Waals surface area contributed by atoms with Crippen molar-refractivity contribution in [2.24, 2.45) is 29.1 Å². The van der Waals surface area contributed by atoms with E-state index in [0.29, 0.717) is 5.92 Å². The van der Waals surface area contributed by atoms with Crippen molar-refractivity contribution >= 4 is 0 Å². The van der Waals surface area contributed by atoms with Crippen molar-refractivity contribution in [1.29, 1.82) is 0 Å². The van der Waals surface area contributed by atoms with E-state index < -0.39 is 0 Å². The Hall–Kier alpha value is -0.120. The summed E-state index contributed by atoms with van der Waals surface area (Å²) < 4.78 is 12.1. The lowest BCUT2D eigenvalue weighted by Crippen LogP contribution is -2.54. The second kappa shape index (κ2) is 6.07. The van der Waals surface area contributed by atoms with Gasteiger partial charge in [-0.25, -0.2) is 0 Å². The minimum atomic E-state index is -0.272. The summed E-state index contributed by atoms with van der Waals surface area (Å²) in [4.78, 5) is 0. The maximum atomic E-state index is 10.4. The molecule has 1 saturated heterocycles. The summed E-state index contributed by atoms with van der Waals surface area (Å²) in [5, 5.41) is 10.4. The third-order valence-electron chi connectivity index (χ3n) is 7.38. The fraction of sp³-hybridized carbons (Fsp3) is 1.00. The van der Waals surface area contributed by atoms with Gasteiger partial charge in [0.1, 0.15) is 0 Å². The Labute approximate surface area is 135 Å². The van der Waals surface area contributed by atoms with Crippen LogP contribution in [-0.2, 0) is 9.47 Å². The lowest BCUT2D eigenvalue weighted by molar-refractivity contribution is -0.243. The molecule has 3 aliphatic carbocycles. The number of ether oxygens (including phenoxy) is 2. The fourth-order valence-electron chi connectivity index (χ4n) is 6.12. The van der Waals surface area contributed by atoms with Gasteiger partial charge in [-0.05, 0) is 55.3 Å². The molecular formula is C19H34O3. The standard InChI is InChI=1S/C17H28O3.C2H6/c1-11-12-5-7-16(2)14(3-4-15(16)18)13(12)6-8-17(11)19-9-10-20-17;1-2/h11-15,18H,3-10H2,1-2H3;1-2H3/t11?,12?,13?,14?,15?,16-;/m0./s1. The molecule has 0 aromatic heterocycles. The van der Waals surface area contributed by atoms with Crippen molar-refractivity contribution < 1.29 is 14.6 Å². The Kier molecular flexibility index (Phi) is 4.61. The summed E-state index contributed by atoms with van der Waals surface area (Å²) in [5.41, 5.74) is 0.183. The van der Waals surface area contributed by atoms with Gasteiger partial charge in [0.25, 0.3) is 0 Å². The SMILES string of the molecule is CC.CC1C2CC[C@]3(C)C(O)CCC3C2CCC12OCCO2. The highest BCUT2D eigenvalue weighted by Crippen LogP contribution is 2.62. The summed E-state index contributed by atoms with van der Waals surface area (Å²) in [7, 11) is 0. The van der Waals surface area contributed by atoms with Gasteiger partial charge in [0.2, 0.25) is 0 Å². The van der Waals surface area contributed by atoms with E-state index in [1.54, 1.807) is 0 Å². The summed E-state index contributed by atoms with van der Waals surface area (Å²) in [6.07, 6.45) is 6.86. The van der Waals surface area contributed by atoms with Crippen molar-refractivity contribution in [2.75, 3.05) is 13.2 Å². The van der Waals surface area contributed by atoms with Gasteiger partial charge >= 0.3 is 0 Å². The zero-order valence-corrected chi connectivity index (χ0v) is 14.8. The first kappa shape index (κ1) is 16.7. The molecule has 1 N–H and O–H groups in total. The van der Waals surface area contributed by atoms with Crippen LogP contribution in [-0.4, -0.2) is 30.2 Å². The molecule has 1 spiro atoms. The number of hydrogen-bond donors (Lipinski definition) is 1. The molecule has 5 unspecified atom stereocenters. The van der Waals surface area contributed by atoms with E-state index in [0.717, 1.165) is 43.8 Å². The Morgan fingerprint density at radius 1 is 0.909 bits per heavy atom. The van der Waals surface area contributed by atoms with E-state index >= 15 is 0 Å². The van der Waals surface area contributed by atoms with Crippen molar-refractivity contribution in [3.8, 4) is 0 Å². The molecule has 0 aromatic rings. The topological polar surface area (TPSA) is 38.7 Å². The van der Waals surface area contributed by atoms with Gasteiger partial charge in [-0.2, -0.15) is 0 Å². The fourth-order valence-corrected chi connectivity index (χ4v) is 6.12. The molecule has 3 nitrogen and oxygen atoms in total. The van der Waals surface area contributed by atoms with Crippen molar-refractivity contribution in [2.45, 2.75) is 78.1 Å². The number of aliphatic hydroxyl groups is 1. The van der Waals surface area contributed by atoms with Crippen LogP contribution in [0.2, 0.25) is 0 Å². The molecule has 0 radical (unpaired) electrons. The molecule has 0 bridgehead atoms. The van der Waals surface area contributed by atoms with E-state index in [4.69, 9.17) is 9.47 Å². The number of rotatable bonds is 0. The molecule has 3 heteroatoms. The highest BCUT2D eigenvalue weighted by molar-refractivity contribution is 5.06. The van der Waals surface area contributed by atoms with Crippen LogP contribution in [0.4, 0.5) is 0 Å². The number of hydrogen-bond acceptors (Lipinski definition) is 3. The number of fused-ring (bicyclic) bond motifs is 3. The van der Waals surface area contributed by atoms with Crippen LogP contribution in [0.15, 0.2) is 0 Å². The third kappa shape index (κ3) is 2.27. The molecule has 3 saturated carbocycles. The second-order valence-electron chi connectivity index (χ2n) is 7.91. The Morgan fingerprint density at radius 2 is 1.55 bits per heavy atom. The molecule has 22 heavy (non-hydrogen) atoms. The van der Waals surface area contributed by atoms with Gasteiger partial charge in [-0.3, -0.25) is 0 Å². The second-order valence-corrected chi connectivity index (χ2v) is 7.91. The summed E-state index contributed by atoms with van der Waals surface area (Å²) in [6, 6.07) is 0. The molecule has 4 rings (SSSR count). The first-order valence-corrected chi connectivity index (χ1v) is 9.53. The van der Waals surface area contributed by atoms with E-state index in [9.17, 15) is 5.11 Å². The molecule has 6 atom stereocenters. The van der Waals surface area contributed by atoms with Gasteiger partial charge in [0.15, 0.2) is 5.79 Å². The molecule has 4 aliphatic rings. The number of aliphatic hydroxyl groups excluding tert-OH is 1. The van der Waals surface area contributed by atoms with Crippen LogP contribution >= 0.6 is 0 Å².